The van der Waals surface area contributed by atoms with Crippen LogP contribution in [0.15, 0.2) is 30.3 Å². The van der Waals surface area contributed by atoms with Crippen LogP contribution >= 0.6 is 11.6 Å². The summed E-state index contributed by atoms with van der Waals surface area (Å²) in [6.07, 6.45) is 0. The maximum atomic E-state index is 13.7. The van der Waals surface area contributed by atoms with Crippen LogP contribution in [0.3, 0.4) is 0 Å². The van der Waals surface area contributed by atoms with Gasteiger partial charge >= 0.3 is 0 Å². The van der Waals surface area contributed by atoms with E-state index in [-0.39, 0.29) is 17.1 Å². The van der Waals surface area contributed by atoms with E-state index in [1.165, 1.54) is 12.1 Å². The van der Waals surface area contributed by atoms with Gasteiger partial charge in [0.15, 0.2) is 0 Å². The molecule has 0 heterocycles. The van der Waals surface area contributed by atoms with E-state index in [9.17, 15) is 14.0 Å². The maximum Gasteiger partial charge on any atom is 0.256 e. The lowest BCUT2D eigenvalue weighted by molar-refractivity contribution is -0.115. The Morgan fingerprint density at radius 2 is 1.75 bits per heavy atom. The van der Waals surface area contributed by atoms with Gasteiger partial charge < -0.3 is 10.6 Å². The summed E-state index contributed by atoms with van der Waals surface area (Å²) in [6.45, 7) is 5.49. The third kappa shape index (κ3) is 4.11. The highest BCUT2D eigenvalue weighted by Gasteiger charge is 2.16. The van der Waals surface area contributed by atoms with Gasteiger partial charge in [0, 0.05) is 5.69 Å². The number of carbonyl (C=O) groups excluding carboxylic acids is 2. The van der Waals surface area contributed by atoms with Crippen LogP contribution in [0.4, 0.5) is 10.1 Å². The zero-order chi connectivity index (χ0) is 17.9. The minimum atomic E-state index is -0.731. The van der Waals surface area contributed by atoms with E-state index < -0.39 is 17.6 Å². The molecule has 0 spiro atoms. The number of amides is 2. The van der Waals surface area contributed by atoms with Crippen LogP contribution in [0.5, 0.6) is 0 Å². The van der Waals surface area contributed by atoms with Crippen molar-refractivity contribution >= 4 is 29.1 Å². The molecule has 2 amide bonds. The second kappa shape index (κ2) is 7.45. The second-order valence-corrected chi connectivity index (χ2v) is 6.01. The Balaban J connectivity index is 2.03. The number of anilines is 1. The fourth-order valence-electron chi connectivity index (χ4n) is 2.52. The van der Waals surface area contributed by atoms with Crippen molar-refractivity contribution in [2.75, 3.05) is 11.9 Å². The highest BCUT2D eigenvalue weighted by Crippen LogP contribution is 2.22. The first-order chi connectivity index (χ1) is 11.3. The summed E-state index contributed by atoms with van der Waals surface area (Å²) in [5.74, 6) is -1.86. The van der Waals surface area contributed by atoms with Gasteiger partial charge in [-0.15, -0.1) is 0 Å². The lowest BCUT2D eigenvalue weighted by atomic mass is 10.1. The summed E-state index contributed by atoms with van der Waals surface area (Å²) >= 11 is 5.82. The quantitative estimate of drug-likeness (QED) is 0.883. The average molecular weight is 349 g/mol. The second-order valence-electron chi connectivity index (χ2n) is 5.60. The molecule has 4 nitrogen and oxygen atoms in total. The molecule has 0 aromatic heterocycles. The van der Waals surface area contributed by atoms with Gasteiger partial charge in [0.05, 0.1) is 17.1 Å². The summed E-state index contributed by atoms with van der Waals surface area (Å²) < 4.78 is 13.7. The standard InChI is InChI=1S/C18H18ClFN2O2/c1-10-7-11(2)17(12(3)8-10)22-15(23)9-21-18(24)16-13(19)5-4-6-14(16)20/h4-8H,9H2,1-3H3,(H,21,24)(H,22,23). The van der Waals surface area contributed by atoms with Crippen molar-refractivity contribution in [1.29, 1.82) is 0 Å². The Morgan fingerprint density at radius 1 is 1.12 bits per heavy atom. The van der Waals surface area contributed by atoms with E-state index in [1.54, 1.807) is 0 Å². The zero-order valence-electron chi connectivity index (χ0n) is 13.7. The number of benzene rings is 2. The number of hydrogen-bond acceptors (Lipinski definition) is 2. The molecule has 0 bridgehead atoms. The van der Waals surface area contributed by atoms with Crippen LogP contribution in [0.1, 0.15) is 27.0 Å². The monoisotopic (exact) mass is 348 g/mol. The van der Waals surface area contributed by atoms with E-state index >= 15 is 0 Å². The van der Waals surface area contributed by atoms with Gasteiger partial charge in [-0.1, -0.05) is 35.4 Å². The largest absolute Gasteiger partial charge is 0.343 e. The van der Waals surface area contributed by atoms with Gasteiger partial charge in [0.25, 0.3) is 5.91 Å². The molecule has 2 N–H and O–H groups in total. The van der Waals surface area contributed by atoms with Gasteiger partial charge in [-0.25, -0.2) is 4.39 Å². The van der Waals surface area contributed by atoms with Crippen LogP contribution in [-0.4, -0.2) is 18.4 Å². The summed E-state index contributed by atoms with van der Waals surface area (Å²) in [4.78, 5) is 24.1. The number of aryl methyl sites for hydroxylation is 3. The van der Waals surface area contributed by atoms with E-state index in [1.807, 2.05) is 32.9 Å². The number of hydrogen-bond donors (Lipinski definition) is 2. The molecular formula is C18H18ClFN2O2. The number of carbonyl (C=O) groups is 2. The summed E-state index contributed by atoms with van der Waals surface area (Å²) in [7, 11) is 0. The molecule has 2 aromatic carbocycles. The number of nitrogens with one attached hydrogen (secondary N) is 2. The van der Waals surface area contributed by atoms with E-state index in [0.29, 0.717) is 5.69 Å². The summed E-state index contributed by atoms with van der Waals surface area (Å²) in [6, 6.07) is 7.88. The third-order valence-corrected chi connectivity index (χ3v) is 3.86. The maximum absolute atomic E-state index is 13.7. The van der Waals surface area contributed by atoms with Gasteiger partial charge in [-0.05, 0) is 44.0 Å². The number of halogens is 2. The Bertz CT molecular complexity index is 762. The average Bonchev–Trinajstić information content (AvgIpc) is 2.48. The van der Waals surface area contributed by atoms with Gasteiger partial charge in [0.1, 0.15) is 5.82 Å². The molecule has 0 radical (unpaired) electrons. The van der Waals surface area contributed by atoms with Crippen LogP contribution in [-0.2, 0) is 4.79 Å². The molecule has 0 unspecified atom stereocenters. The number of rotatable bonds is 4. The van der Waals surface area contributed by atoms with Crippen LogP contribution in [0.2, 0.25) is 5.02 Å². The molecule has 2 rings (SSSR count). The fraction of sp³-hybridized carbons (Fsp3) is 0.222. The van der Waals surface area contributed by atoms with Crippen molar-refractivity contribution in [2.45, 2.75) is 20.8 Å². The summed E-state index contributed by atoms with van der Waals surface area (Å²) in [5.41, 5.74) is 3.41. The molecule has 0 aliphatic heterocycles. The predicted octanol–water partition coefficient (Wildman–Crippen LogP) is 3.77. The topological polar surface area (TPSA) is 58.2 Å². The molecule has 0 aliphatic carbocycles. The molecule has 0 saturated heterocycles. The highest BCUT2D eigenvalue weighted by atomic mass is 35.5. The van der Waals surface area contributed by atoms with E-state index in [0.717, 1.165) is 22.8 Å². The molecule has 0 aliphatic rings. The van der Waals surface area contributed by atoms with Crippen molar-refractivity contribution in [2.24, 2.45) is 0 Å². The molecule has 0 atom stereocenters. The fourth-order valence-corrected chi connectivity index (χ4v) is 2.77. The smallest absolute Gasteiger partial charge is 0.256 e. The molecule has 24 heavy (non-hydrogen) atoms. The molecule has 0 fully saturated rings. The Morgan fingerprint density at radius 3 is 2.33 bits per heavy atom. The van der Waals surface area contributed by atoms with E-state index in [4.69, 9.17) is 11.6 Å². The minimum Gasteiger partial charge on any atom is -0.343 e. The first-order valence-electron chi connectivity index (χ1n) is 7.39. The van der Waals surface area contributed by atoms with Crippen molar-refractivity contribution in [1.82, 2.24) is 5.32 Å². The first-order valence-corrected chi connectivity index (χ1v) is 7.77. The normalized spacial score (nSPS) is 10.4. The lowest BCUT2D eigenvalue weighted by Gasteiger charge is -2.13. The van der Waals surface area contributed by atoms with Crippen molar-refractivity contribution in [3.8, 4) is 0 Å². The SMILES string of the molecule is Cc1cc(C)c(NC(=O)CNC(=O)c2c(F)cccc2Cl)c(C)c1. The van der Waals surface area contributed by atoms with Crippen molar-refractivity contribution in [3.05, 3.63) is 63.4 Å². The Kier molecular flexibility index (Phi) is 5.57. The van der Waals surface area contributed by atoms with Crippen LogP contribution in [0, 0.1) is 26.6 Å². The Hall–Kier alpha value is -2.40. The predicted molar refractivity (Wildman–Crippen MR) is 93.0 cm³/mol. The molecular weight excluding hydrogens is 331 g/mol. The summed E-state index contributed by atoms with van der Waals surface area (Å²) in [5, 5.41) is 5.14. The van der Waals surface area contributed by atoms with Crippen LogP contribution < -0.4 is 10.6 Å². The third-order valence-electron chi connectivity index (χ3n) is 3.54. The van der Waals surface area contributed by atoms with Gasteiger partial charge in [0.2, 0.25) is 5.91 Å². The van der Waals surface area contributed by atoms with Crippen molar-refractivity contribution in [3.63, 3.8) is 0 Å². The van der Waals surface area contributed by atoms with E-state index in [2.05, 4.69) is 10.6 Å². The molecule has 2 aromatic rings. The van der Waals surface area contributed by atoms with Crippen molar-refractivity contribution < 1.29 is 14.0 Å². The van der Waals surface area contributed by atoms with Gasteiger partial charge in [-0.3, -0.25) is 9.59 Å². The lowest BCUT2D eigenvalue weighted by Crippen LogP contribution is -2.33. The highest BCUT2D eigenvalue weighted by molar-refractivity contribution is 6.33. The minimum absolute atomic E-state index is 0.00173. The Labute approximate surface area is 145 Å². The van der Waals surface area contributed by atoms with Gasteiger partial charge in [-0.2, -0.15) is 0 Å². The molecule has 6 heteroatoms. The van der Waals surface area contributed by atoms with Crippen LogP contribution in [0.25, 0.3) is 0 Å². The molecule has 126 valence electrons. The molecule has 0 saturated carbocycles. The first kappa shape index (κ1) is 17.9. The zero-order valence-corrected chi connectivity index (χ0v) is 14.4.